The largest absolute Gasteiger partial charge is 0.469 e. The van der Waals surface area contributed by atoms with Crippen molar-refractivity contribution in [2.45, 2.75) is 200 Å². The van der Waals surface area contributed by atoms with Crippen LogP contribution in [0.2, 0.25) is 0 Å². The van der Waals surface area contributed by atoms with E-state index in [1.54, 1.807) is 0 Å². The molecule has 0 heterocycles. The van der Waals surface area contributed by atoms with Crippen molar-refractivity contribution in [2.75, 3.05) is 13.2 Å². The first-order chi connectivity index (χ1) is 29.3. The number of phosphoric ester groups is 1. The highest BCUT2D eigenvalue weighted by Crippen LogP contribution is 2.36. The first-order valence-corrected chi connectivity index (χ1v) is 25.1. The normalized spacial score (nSPS) is 13.3. The number of allylic oxidation sites excluding steroid dienone is 16. The second kappa shape index (κ2) is 45.5. The van der Waals surface area contributed by atoms with Crippen molar-refractivity contribution in [2.24, 2.45) is 0 Å². The van der Waals surface area contributed by atoms with E-state index in [0.29, 0.717) is 19.3 Å². The molecule has 0 aliphatic rings. The lowest BCUT2D eigenvalue weighted by Crippen LogP contribution is -2.29. The molecule has 0 fully saturated rings. The van der Waals surface area contributed by atoms with Crippen LogP contribution in [0.25, 0.3) is 0 Å². The lowest BCUT2D eigenvalue weighted by atomic mass is 10.0. The highest BCUT2D eigenvalue weighted by molar-refractivity contribution is 7.46. The molecule has 9 heteroatoms. The summed E-state index contributed by atoms with van der Waals surface area (Å²) in [6.07, 6.45) is 63.1. The fourth-order valence-corrected chi connectivity index (χ4v) is 6.49. The van der Waals surface area contributed by atoms with Gasteiger partial charge < -0.3 is 19.3 Å². The van der Waals surface area contributed by atoms with E-state index < -0.39 is 32.5 Å². The van der Waals surface area contributed by atoms with Crippen LogP contribution in [-0.2, 0) is 28.2 Å². The molecule has 8 nitrogen and oxygen atoms in total. The Balaban J connectivity index is 4.03. The predicted octanol–water partition coefficient (Wildman–Crippen LogP) is 15.0. The summed E-state index contributed by atoms with van der Waals surface area (Å²) in [5.74, 6) is -1.04. The molecule has 0 radical (unpaired) electrons. The molecular weight excluding hydrogens is 772 g/mol. The smallest absolute Gasteiger partial charge is 0.462 e. The van der Waals surface area contributed by atoms with Crippen LogP contribution in [0.3, 0.4) is 0 Å². The maximum atomic E-state index is 12.4. The molecule has 0 aromatic heterocycles. The Morgan fingerprint density at radius 2 is 0.850 bits per heavy atom. The summed E-state index contributed by atoms with van der Waals surface area (Å²) < 4.78 is 26.3. The Hall–Kier alpha value is -3.03. The van der Waals surface area contributed by atoms with Crippen molar-refractivity contribution < 1.29 is 37.9 Å². The summed E-state index contributed by atoms with van der Waals surface area (Å²) in [6, 6.07) is 0. The van der Waals surface area contributed by atoms with Gasteiger partial charge in [-0.1, -0.05) is 195 Å². The van der Waals surface area contributed by atoms with Gasteiger partial charge in [0.25, 0.3) is 0 Å². The molecule has 1 atom stereocenters. The van der Waals surface area contributed by atoms with E-state index in [1.807, 2.05) is 12.2 Å². The van der Waals surface area contributed by atoms with E-state index in [9.17, 15) is 14.2 Å². The molecule has 2 N–H and O–H groups in total. The molecule has 0 aromatic carbocycles. The minimum Gasteiger partial charge on any atom is -0.462 e. The van der Waals surface area contributed by atoms with Crippen molar-refractivity contribution >= 4 is 19.8 Å². The summed E-state index contributed by atoms with van der Waals surface area (Å²) in [4.78, 5) is 42.9. The molecule has 0 amide bonds. The summed E-state index contributed by atoms with van der Waals surface area (Å²) in [7, 11) is -4.79. The van der Waals surface area contributed by atoms with Gasteiger partial charge in [0.05, 0.1) is 6.61 Å². The third-order valence-corrected chi connectivity index (χ3v) is 10.1. The summed E-state index contributed by atoms with van der Waals surface area (Å²) >= 11 is 0. The van der Waals surface area contributed by atoms with Gasteiger partial charge in [0.2, 0.25) is 0 Å². The quantitative estimate of drug-likeness (QED) is 0.0270. The van der Waals surface area contributed by atoms with Crippen LogP contribution in [-0.4, -0.2) is 41.0 Å². The Labute approximate surface area is 366 Å². The van der Waals surface area contributed by atoms with Gasteiger partial charge in [-0.2, -0.15) is 0 Å². The monoisotopic (exact) mass is 857 g/mol. The van der Waals surface area contributed by atoms with Gasteiger partial charge in [0.15, 0.2) is 6.10 Å². The zero-order chi connectivity index (χ0) is 43.9. The van der Waals surface area contributed by atoms with E-state index in [2.05, 4.69) is 103 Å². The lowest BCUT2D eigenvalue weighted by Gasteiger charge is -2.18. The molecule has 342 valence electrons. The number of hydrogen-bond acceptors (Lipinski definition) is 6. The number of unbranched alkanes of at least 4 members (excludes halogenated alkanes) is 16. The van der Waals surface area contributed by atoms with Crippen LogP contribution in [0.5, 0.6) is 0 Å². The summed E-state index contributed by atoms with van der Waals surface area (Å²) in [5.41, 5.74) is 0. The van der Waals surface area contributed by atoms with Gasteiger partial charge in [-0.15, -0.1) is 0 Å². The summed E-state index contributed by atoms with van der Waals surface area (Å²) in [6.45, 7) is 3.49. The molecule has 0 aliphatic heterocycles. The number of carbonyl (C=O) groups is 2. The van der Waals surface area contributed by atoms with Crippen LogP contribution in [0.15, 0.2) is 97.2 Å². The van der Waals surface area contributed by atoms with Crippen LogP contribution in [0, 0.1) is 0 Å². The van der Waals surface area contributed by atoms with Crippen LogP contribution >= 0.6 is 7.82 Å². The molecular formula is C51H85O8P. The van der Waals surface area contributed by atoms with Crippen molar-refractivity contribution in [3.8, 4) is 0 Å². The Bertz CT molecular complexity index is 1290. The van der Waals surface area contributed by atoms with Gasteiger partial charge >= 0.3 is 19.8 Å². The SMILES string of the molecule is CC/C=C/C/C=C/C/C=C/C/C=C/C/C=C/C/C=C/CCC(=O)OC[C@H](COP(=O)(O)O)OC(=O)CCC/C=C/CC/C=C/CCCCCCCCCCCCCCCC. The average Bonchev–Trinajstić information content (AvgIpc) is 3.22. The third-order valence-electron chi connectivity index (χ3n) is 9.58. The van der Waals surface area contributed by atoms with E-state index in [0.717, 1.165) is 57.8 Å². The van der Waals surface area contributed by atoms with Gasteiger partial charge in [0.1, 0.15) is 6.61 Å². The van der Waals surface area contributed by atoms with E-state index in [1.165, 1.54) is 89.9 Å². The van der Waals surface area contributed by atoms with E-state index in [4.69, 9.17) is 19.3 Å². The average molecular weight is 857 g/mol. The predicted molar refractivity (Wildman–Crippen MR) is 253 cm³/mol. The first kappa shape index (κ1) is 57.0. The van der Waals surface area contributed by atoms with Crippen LogP contribution in [0.4, 0.5) is 0 Å². The van der Waals surface area contributed by atoms with Gasteiger partial charge in [-0.3, -0.25) is 14.1 Å². The molecule has 0 rings (SSSR count). The highest BCUT2D eigenvalue weighted by atomic mass is 31.2. The first-order valence-electron chi connectivity index (χ1n) is 23.5. The lowest BCUT2D eigenvalue weighted by molar-refractivity contribution is -0.161. The molecule has 0 aliphatic carbocycles. The fraction of sp³-hybridized carbons (Fsp3) is 0.647. The second-order valence-electron chi connectivity index (χ2n) is 15.3. The maximum Gasteiger partial charge on any atom is 0.469 e. The molecule has 0 spiro atoms. The Kier molecular flexibility index (Phi) is 43.2. The second-order valence-corrected chi connectivity index (χ2v) is 16.6. The molecule has 0 saturated heterocycles. The van der Waals surface area contributed by atoms with Gasteiger partial charge in [0, 0.05) is 12.8 Å². The molecule has 0 unspecified atom stereocenters. The minimum absolute atomic E-state index is 0.129. The standard InChI is InChI=1S/C51H85O8P/c1-3-5-7-9-11-13-15-17-19-21-23-24-25-26-28-30-32-34-36-38-40-42-44-46-51(53)59-49(48-58-60(54,55)56)47-57-50(52)45-43-41-39-37-35-33-31-29-27-22-20-18-16-14-12-10-8-6-4-2/h6,8,12,14,18,20,27,29-30,32-33,35,38-41,49H,3-5,7,9-11,13,15-17,19,21-26,28,31,34,36-37,42-48H2,1-2H3,(H2,54,55,56)/b8-6+,14-12+,20-18+,29-27+,32-30+,35-33+,40-38+,41-39+/t49-/m1/s1. The van der Waals surface area contributed by atoms with Crippen LogP contribution < -0.4 is 0 Å². The van der Waals surface area contributed by atoms with Crippen molar-refractivity contribution in [1.29, 1.82) is 0 Å². The number of rotatable bonds is 42. The third kappa shape index (κ3) is 47.6. The zero-order valence-electron chi connectivity index (χ0n) is 37.8. The van der Waals surface area contributed by atoms with Crippen molar-refractivity contribution in [3.63, 3.8) is 0 Å². The van der Waals surface area contributed by atoms with E-state index in [-0.39, 0.29) is 19.4 Å². The van der Waals surface area contributed by atoms with Crippen molar-refractivity contribution in [1.82, 2.24) is 0 Å². The number of esters is 2. The minimum atomic E-state index is -4.79. The number of carbonyl (C=O) groups excluding carboxylic acids is 2. The molecule has 60 heavy (non-hydrogen) atoms. The number of hydrogen-bond donors (Lipinski definition) is 2. The maximum absolute atomic E-state index is 12.4. The van der Waals surface area contributed by atoms with Crippen LogP contribution in [0.1, 0.15) is 194 Å². The van der Waals surface area contributed by atoms with Gasteiger partial charge in [-0.05, 0) is 83.5 Å². The summed E-state index contributed by atoms with van der Waals surface area (Å²) in [5, 5.41) is 0. The van der Waals surface area contributed by atoms with Crippen molar-refractivity contribution in [3.05, 3.63) is 97.2 Å². The highest BCUT2D eigenvalue weighted by Gasteiger charge is 2.22. The molecule has 0 bridgehead atoms. The number of phosphoric acid groups is 1. The Morgan fingerprint density at radius 1 is 0.450 bits per heavy atom. The molecule has 0 aromatic rings. The molecule has 0 saturated carbocycles. The fourth-order valence-electron chi connectivity index (χ4n) is 6.12. The Morgan fingerprint density at radius 3 is 1.32 bits per heavy atom. The zero-order valence-corrected chi connectivity index (χ0v) is 38.7. The van der Waals surface area contributed by atoms with Gasteiger partial charge in [-0.25, -0.2) is 4.57 Å². The topological polar surface area (TPSA) is 119 Å². The number of ether oxygens (including phenoxy) is 2. The van der Waals surface area contributed by atoms with E-state index >= 15 is 0 Å².